The zero-order chi connectivity index (χ0) is 14.7. The molecule has 3 rings (SSSR count). The number of anilines is 1. The van der Waals surface area contributed by atoms with E-state index in [0.29, 0.717) is 5.92 Å². The van der Waals surface area contributed by atoms with Crippen molar-refractivity contribution in [1.82, 2.24) is 20.2 Å². The Labute approximate surface area is 124 Å². The standard InChI is InChI=1S/C15H22N6/c1-11-6-8-21(10-13(11)16)15-18-14(19-20-15)5-4-12-3-2-7-17-9-12/h2-3,7,9,11,13H,4-6,8,10,16H2,1H3,(H,18,19,20). The van der Waals surface area contributed by atoms with Crippen molar-refractivity contribution in [1.29, 1.82) is 0 Å². The Hall–Kier alpha value is -1.95. The quantitative estimate of drug-likeness (QED) is 0.881. The molecule has 0 spiro atoms. The van der Waals surface area contributed by atoms with Crippen LogP contribution >= 0.6 is 0 Å². The van der Waals surface area contributed by atoms with Crippen molar-refractivity contribution in [3.63, 3.8) is 0 Å². The van der Waals surface area contributed by atoms with Crippen molar-refractivity contribution in [3.8, 4) is 0 Å². The van der Waals surface area contributed by atoms with Gasteiger partial charge in [-0.15, -0.1) is 5.10 Å². The fourth-order valence-corrected chi connectivity index (χ4v) is 2.63. The molecule has 2 aromatic rings. The summed E-state index contributed by atoms with van der Waals surface area (Å²) in [5, 5.41) is 7.37. The van der Waals surface area contributed by atoms with E-state index in [-0.39, 0.29) is 6.04 Å². The van der Waals surface area contributed by atoms with Crippen LogP contribution in [-0.4, -0.2) is 39.3 Å². The summed E-state index contributed by atoms with van der Waals surface area (Å²) < 4.78 is 0. The first-order chi connectivity index (χ1) is 10.2. The topological polar surface area (TPSA) is 83.7 Å². The summed E-state index contributed by atoms with van der Waals surface area (Å²) in [6, 6.07) is 4.24. The van der Waals surface area contributed by atoms with E-state index in [9.17, 15) is 0 Å². The minimum absolute atomic E-state index is 0.205. The minimum Gasteiger partial charge on any atom is -0.338 e. The third-order valence-electron chi connectivity index (χ3n) is 4.19. The molecular weight excluding hydrogens is 264 g/mol. The summed E-state index contributed by atoms with van der Waals surface area (Å²) in [4.78, 5) is 10.9. The molecule has 0 aliphatic carbocycles. The lowest BCUT2D eigenvalue weighted by atomic mass is 9.95. The van der Waals surface area contributed by atoms with Gasteiger partial charge in [-0.25, -0.2) is 0 Å². The number of nitrogens with two attached hydrogens (primary N) is 1. The van der Waals surface area contributed by atoms with E-state index in [1.54, 1.807) is 6.20 Å². The third-order valence-corrected chi connectivity index (χ3v) is 4.19. The summed E-state index contributed by atoms with van der Waals surface area (Å²) in [5.74, 6) is 2.27. The van der Waals surface area contributed by atoms with Crippen LogP contribution in [0.25, 0.3) is 0 Å². The van der Waals surface area contributed by atoms with Gasteiger partial charge in [0.1, 0.15) is 5.82 Å². The van der Waals surface area contributed by atoms with Crippen LogP contribution in [0.3, 0.4) is 0 Å². The molecule has 6 heteroatoms. The highest BCUT2D eigenvalue weighted by Crippen LogP contribution is 2.19. The van der Waals surface area contributed by atoms with Gasteiger partial charge in [-0.2, -0.15) is 4.98 Å². The van der Waals surface area contributed by atoms with Crippen LogP contribution in [0.2, 0.25) is 0 Å². The Morgan fingerprint density at radius 2 is 2.33 bits per heavy atom. The lowest BCUT2D eigenvalue weighted by Crippen LogP contribution is -2.48. The highest BCUT2D eigenvalue weighted by molar-refractivity contribution is 5.30. The van der Waals surface area contributed by atoms with Crippen molar-refractivity contribution in [2.75, 3.05) is 18.0 Å². The van der Waals surface area contributed by atoms with E-state index in [1.807, 2.05) is 12.3 Å². The van der Waals surface area contributed by atoms with E-state index in [2.05, 4.69) is 38.1 Å². The number of H-pyrrole nitrogens is 1. The molecule has 3 heterocycles. The van der Waals surface area contributed by atoms with Gasteiger partial charge in [0.25, 0.3) is 0 Å². The number of aryl methyl sites for hydroxylation is 2. The van der Waals surface area contributed by atoms with Crippen LogP contribution in [-0.2, 0) is 12.8 Å². The monoisotopic (exact) mass is 286 g/mol. The van der Waals surface area contributed by atoms with Crippen LogP contribution in [0, 0.1) is 5.92 Å². The SMILES string of the molecule is CC1CCN(c2n[nH]c(CCc3cccnc3)n2)CC1N. The van der Waals surface area contributed by atoms with Gasteiger partial charge in [-0.05, 0) is 30.4 Å². The second-order valence-electron chi connectivity index (χ2n) is 5.82. The molecule has 21 heavy (non-hydrogen) atoms. The molecule has 1 fully saturated rings. The van der Waals surface area contributed by atoms with Crippen molar-refractivity contribution in [3.05, 3.63) is 35.9 Å². The van der Waals surface area contributed by atoms with Crippen molar-refractivity contribution >= 4 is 5.95 Å². The fraction of sp³-hybridized carbons (Fsp3) is 0.533. The molecule has 112 valence electrons. The summed E-state index contributed by atoms with van der Waals surface area (Å²) in [7, 11) is 0. The van der Waals surface area contributed by atoms with E-state index < -0.39 is 0 Å². The van der Waals surface area contributed by atoms with Crippen LogP contribution in [0.1, 0.15) is 24.7 Å². The van der Waals surface area contributed by atoms with Crippen LogP contribution in [0.15, 0.2) is 24.5 Å². The van der Waals surface area contributed by atoms with Crippen molar-refractivity contribution < 1.29 is 0 Å². The van der Waals surface area contributed by atoms with E-state index in [4.69, 9.17) is 5.73 Å². The van der Waals surface area contributed by atoms with Gasteiger partial charge in [0.2, 0.25) is 5.95 Å². The highest BCUT2D eigenvalue weighted by Gasteiger charge is 2.25. The molecule has 2 unspecified atom stereocenters. The number of piperidine rings is 1. The molecule has 2 atom stereocenters. The maximum atomic E-state index is 6.13. The first-order valence-electron chi connectivity index (χ1n) is 7.53. The molecule has 1 aliphatic heterocycles. The van der Waals surface area contributed by atoms with E-state index >= 15 is 0 Å². The summed E-state index contributed by atoms with van der Waals surface area (Å²) >= 11 is 0. The maximum absolute atomic E-state index is 6.13. The molecule has 0 bridgehead atoms. The van der Waals surface area contributed by atoms with Crippen molar-refractivity contribution in [2.45, 2.75) is 32.2 Å². The Morgan fingerprint density at radius 1 is 1.43 bits per heavy atom. The number of nitrogens with zero attached hydrogens (tertiary/aromatic N) is 4. The second-order valence-corrected chi connectivity index (χ2v) is 5.82. The van der Waals surface area contributed by atoms with Gasteiger partial charge in [0, 0.05) is 37.9 Å². The Balaban J connectivity index is 1.59. The van der Waals surface area contributed by atoms with Gasteiger partial charge in [0.05, 0.1) is 0 Å². The normalized spacial score (nSPS) is 22.5. The van der Waals surface area contributed by atoms with Crippen LogP contribution in [0.5, 0.6) is 0 Å². The van der Waals surface area contributed by atoms with Crippen molar-refractivity contribution in [2.24, 2.45) is 11.7 Å². The first-order valence-corrected chi connectivity index (χ1v) is 7.53. The lowest BCUT2D eigenvalue weighted by Gasteiger charge is -2.34. The number of aromatic amines is 1. The van der Waals surface area contributed by atoms with Crippen LogP contribution < -0.4 is 10.6 Å². The molecule has 0 radical (unpaired) electrons. The summed E-state index contributed by atoms with van der Waals surface area (Å²) in [5.41, 5.74) is 7.35. The highest BCUT2D eigenvalue weighted by atomic mass is 15.4. The van der Waals surface area contributed by atoms with E-state index in [0.717, 1.165) is 44.1 Å². The van der Waals surface area contributed by atoms with E-state index in [1.165, 1.54) is 5.56 Å². The number of pyridine rings is 1. The zero-order valence-corrected chi connectivity index (χ0v) is 12.4. The third kappa shape index (κ3) is 3.39. The number of aromatic nitrogens is 4. The molecule has 0 amide bonds. The number of hydrogen-bond acceptors (Lipinski definition) is 5. The number of rotatable bonds is 4. The molecule has 1 saturated heterocycles. The second kappa shape index (κ2) is 6.22. The number of nitrogens with one attached hydrogen (secondary N) is 1. The zero-order valence-electron chi connectivity index (χ0n) is 12.4. The molecule has 3 N–H and O–H groups in total. The molecule has 1 aliphatic rings. The summed E-state index contributed by atoms with van der Waals surface area (Å²) in [6.07, 6.45) is 6.54. The van der Waals surface area contributed by atoms with Gasteiger partial charge in [-0.1, -0.05) is 13.0 Å². The average molecular weight is 286 g/mol. The Bertz CT molecular complexity index is 567. The summed E-state index contributed by atoms with van der Waals surface area (Å²) in [6.45, 7) is 4.02. The van der Waals surface area contributed by atoms with Gasteiger partial charge in [0.15, 0.2) is 0 Å². The van der Waals surface area contributed by atoms with Gasteiger partial charge >= 0.3 is 0 Å². The first kappa shape index (κ1) is 14.0. The predicted molar refractivity (Wildman–Crippen MR) is 82.0 cm³/mol. The van der Waals surface area contributed by atoms with Crippen LogP contribution in [0.4, 0.5) is 5.95 Å². The fourth-order valence-electron chi connectivity index (χ4n) is 2.63. The lowest BCUT2D eigenvalue weighted by molar-refractivity contribution is 0.376. The molecule has 0 saturated carbocycles. The Kier molecular flexibility index (Phi) is 4.15. The van der Waals surface area contributed by atoms with Gasteiger partial charge in [-0.3, -0.25) is 10.1 Å². The average Bonchev–Trinajstić information content (AvgIpc) is 2.98. The molecule has 0 aromatic carbocycles. The maximum Gasteiger partial charge on any atom is 0.244 e. The predicted octanol–water partition coefficient (Wildman–Crippen LogP) is 1.16. The largest absolute Gasteiger partial charge is 0.338 e. The molecular formula is C15H22N6. The Morgan fingerprint density at radius 3 is 3.10 bits per heavy atom. The number of hydrogen-bond donors (Lipinski definition) is 2. The minimum atomic E-state index is 0.205. The molecule has 6 nitrogen and oxygen atoms in total. The smallest absolute Gasteiger partial charge is 0.244 e. The molecule has 2 aromatic heterocycles. The van der Waals surface area contributed by atoms with Gasteiger partial charge < -0.3 is 10.6 Å².